The van der Waals surface area contributed by atoms with Crippen LogP contribution < -0.4 is 0 Å². The first-order chi connectivity index (χ1) is 13.7. The van der Waals surface area contributed by atoms with Crippen molar-refractivity contribution in [3.63, 3.8) is 0 Å². The van der Waals surface area contributed by atoms with Crippen molar-refractivity contribution < 1.29 is 9.90 Å². The Morgan fingerprint density at radius 2 is 1.97 bits per heavy atom. The zero-order chi connectivity index (χ0) is 20.6. The summed E-state index contributed by atoms with van der Waals surface area (Å²) in [5, 5.41) is 14.6. The van der Waals surface area contributed by atoms with E-state index in [0.29, 0.717) is 29.0 Å². The number of nitrogens with zero attached hydrogens (tertiary/aromatic N) is 2. The number of aliphatic hydroxyl groups is 1. The van der Waals surface area contributed by atoms with Gasteiger partial charge in [0.05, 0.1) is 12.3 Å². The molecule has 5 rings (SSSR count). The molecule has 0 aromatic carbocycles. The smallest absolute Gasteiger partial charge is 0.165 e. The number of aryl methyl sites for hydroxylation is 1. The van der Waals surface area contributed by atoms with E-state index in [1.54, 1.807) is 0 Å². The van der Waals surface area contributed by atoms with Crippen LogP contribution in [0.15, 0.2) is 11.8 Å². The van der Waals surface area contributed by atoms with E-state index >= 15 is 0 Å². The van der Waals surface area contributed by atoms with Gasteiger partial charge in [-0.15, -0.1) is 0 Å². The SMILES string of the molecule is Cc1c(/C=C2/C[C@@H]3[C@H]4CC[C@H]5C[C@@H](O)CC[C@]5(C)[C@@H]4CC[C@]3(C)C2=O)cnn1C. The molecular weight excluding hydrogens is 360 g/mol. The Kier molecular flexibility index (Phi) is 4.40. The van der Waals surface area contributed by atoms with Crippen molar-refractivity contribution >= 4 is 11.9 Å². The fourth-order valence-electron chi connectivity index (χ4n) is 7.88. The summed E-state index contributed by atoms with van der Waals surface area (Å²) in [5.41, 5.74) is 3.42. The fraction of sp³-hybridized carbons (Fsp3) is 0.760. The summed E-state index contributed by atoms with van der Waals surface area (Å²) in [4.78, 5) is 13.5. The molecular formula is C25H36N2O2. The van der Waals surface area contributed by atoms with Gasteiger partial charge >= 0.3 is 0 Å². The highest BCUT2D eigenvalue weighted by Gasteiger charge is 2.61. The van der Waals surface area contributed by atoms with Crippen molar-refractivity contribution in [3.8, 4) is 0 Å². The van der Waals surface area contributed by atoms with Crippen molar-refractivity contribution in [2.24, 2.45) is 41.5 Å². The normalized spacial score (nSPS) is 45.8. The number of hydrogen-bond donors (Lipinski definition) is 1. The van der Waals surface area contributed by atoms with E-state index in [-0.39, 0.29) is 11.5 Å². The van der Waals surface area contributed by atoms with Gasteiger partial charge in [-0.2, -0.15) is 5.10 Å². The molecule has 1 aromatic heterocycles. The number of aliphatic hydroxyl groups excluding tert-OH is 1. The molecule has 4 aliphatic rings. The van der Waals surface area contributed by atoms with Gasteiger partial charge in [0.15, 0.2) is 5.78 Å². The van der Waals surface area contributed by atoms with Gasteiger partial charge in [-0.1, -0.05) is 13.8 Å². The molecule has 4 nitrogen and oxygen atoms in total. The third-order valence-corrected chi connectivity index (χ3v) is 9.88. The Morgan fingerprint density at radius 1 is 1.17 bits per heavy atom. The monoisotopic (exact) mass is 396 g/mol. The van der Waals surface area contributed by atoms with Crippen LogP contribution in [-0.2, 0) is 11.8 Å². The second-order valence-electron chi connectivity index (χ2n) is 11.1. The number of allylic oxidation sites excluding steroid dienone is 1. The molecule has 0 spiro atoms. The number of carbonyl (C=O) groups is 1. The quantitative estimate of drug-likeness (QED) is 0.701. The van der Waals surface area contributed by atoms with Crippen molar-refractivity contribution in [1.82, 2.24) is 9.78 Å². The van der Waals surface area contributed by atoms with Crippen molar-refractivity contribution in [1.29, 1.82) is 0 Å². The summed E-state index contributed by atoms with van der Waals surface area (Å²) >= 11 is 0. The average Bonchev–Trinajstić information content (AvgIpc) is 3.14. The molecule has 158 valence electrons. The Bertz CT molecular complexity index is 870. The number of carbonyl (C=O) groups excluding carboxylic acids is 1. The van der Waals surface area contributed by atoms with E-state index in [0.717, 1.165) is 54.9 Å². The van der Waals surface area contributed by atoms with E-state index in [1.807, 2.05) is 17.9 Å². The van der Waals surface area contributed by atoms with E-state index in [1.165, 1.54) is 19.3 Å². The van der Waals surface area contributed by atoms with Gasteiger partial charge in [0.25, 0.3) is 0 Å². The predicted octanol–water partition coefficient (Wildman–Crippen LogP) is 4.69. The Hall–Kier alpha value is -1.42. The van der Waals surface area contributed by atoms with Crippen LogP contribution in [0.2, 0.25) is 0 Å². The van der Waals surface area contributed by atoms with Gasteiger partial charge in [0.1, 0.15) is 0 Å². The second-order valence-corrected chi connectivity index (χ2v) is 11.1. The lowest BCUT2D eigenvalue weighted by atomic mass is 9.45. The van der Waals surface area contributed by atoms with E-state index in [9.17, 15) is 9.90 Å². The highest BCUT2D eigenvalue weighted by atomic mass is 16.3. The maximum atomic E-state index is 13.5. The van der Waals surface area contributed by atoms with Crippen LogP contribution in [0.3, 0.4) is 0 Å². The van der Waals surface area contributed by atoms with Gasteiger partial charge in [-0.3, -0.25) is 9.48 Å². The molecule has 4 heteroatoms. The molecule has 0 amide bonds. The molecule has 0 bridgehead atoms. The van der Waals surface area contributed by atoms with Gasteiger partial charge in [0.2, 0.25) is 0 Å². The summed E-state index contributed by atoms with van der Waals surface area (Å²) in [6.45, 7) is 6.84. The minimum atomic E-state index is -0.180. The molecule has 29 heavy (non-hydrogen) atoms. The van der Waals surface area contributed by atoms with Crippen LogP contribution in [-0.4, -0.2) is 26.8 Å². The molecule has 4 fully saturated rings. The van der Waals surface area contributed by atoms with Crippen LogP contribution in [0.25, 0.3) is 6.08 Å². The van der Waals surface area contributed by atoms with Crippen LogP contribution in [0.5, 0.6) is 0 Å². The average molecular weight is 397 g/mol. The van der Waals surface area contributed by atoms with Crippen molar-refractivity contribution in [3.05, 3.63) is 23.0 Å². The van der Waals surface area contributed by atoms with E-state index < -0.39 is 0 Å². The third-order valence-electron chi connectivity index (χ3n) is 9.88. The lowest BCUT2D eigenvalue weighted by molar-refractivity contribution is -0.141. The highest BCUT2D eigenvalue weighted by molar-refractivity contribution is 6.06. The summed E-state index contributed by atoms with van der Waals surface area (Å²) in [6.07, 6.45) is 12.7. The topological polar surface area (TPSA) is 55.1 Å². The van der Waals surface area contributed by atoms with Gasteiger partial charge in [0, 0.05) is 23.7 Å². The van der Waals surface area contributed by atoms with Crippen molar-refractivity contribution in [2.75, 3.05) is 0 Å². The van der Waals surface area contributed by atoms with E-state index in [4.69, 9.17) is 0 Å². The minimum absolute atomic E-state index is 0.0937. The lowest BCUT2D eigenvalue weighted by Crippen LogP contribution is -2.54. The summed E-state index contributed by atoms with van der Waals surface area (Å²) < 4.78 is 1.89. The maximum absolute atomic E-state index is 13.5. The molecule has 0 aliphatic heterocycles. The third kappa shape index (κ3) is 2.74. The second kappa shape index (κ2) is 6.54. The maximum Gasteiger partial charge on any atom is 0.165 e. The number of rotatable bonds is 1. The molecule has 7 atom stereocenters. The number of Topliss-reactive ketones (excluding diaryl/α,β-unsaturated/α-hetero) is 1. The van der Waals surface area contributed by atoms with Crippen LogP contribution in [0, 0.1) is 41.4 Å². The number of aromatic nitrogens is 2. The van der Waals surface area contributed by atoms with Gasteiger partial charge < -0.3 is 5.11 Å². The van der Waals surface area contributed by atoms with E-state index in [2.05, 4.69) is 31.9 Å². The first-order valence-electron chi connectivity index (χ1n) is 11.7. The first-order valence-corrected chi connectivity index (χ1v) is 11.7. The first kappa shape index (κ1) is 19.5. The van der Waals surface area contributed by atoms with Crippen LogP contribution >= 0.6 is 0 Å². The van der Waals surface area contributed by atoms with Gasteiger partial charge in [-0.25, -0.2) is 0 Å². The number of fused-ring (bicyclic) bond motifs is 5. The minimum Gasteiger partial charge on any atom is -0.393 e. The Morgan fingerprint density at radius 3 is 2.69 bits per heavy atom. The molecule has 1 aromatic rings. The summed E-state index contributed by atoms with van der Waals surface area (Å²) in [6, 6.07) is 0. The fourth-order valence-corrected chi connectivity index (χ4v) is 7.88. The predicted molar refractivity (Wildman–Crippen MR) is 114 cm³/mol. The summed E-state index contributed by atoms with van der Waals surface area (Å²) in [7, 11) is 1.96. The largest absolute Gasteiger partial charge is 0.393 e. The van der Waals surface area contributed by atoms with Gasteiger partial charge in [-0.05, 0) is 99.0 Å². The molecule has 1 heterocycles. The molecule has 4 aliphatic carbocycles. The zero-order valence-corrected chi connectivity index (χ0v) is 18.4. The summed E-state index contributed by atoms with van der Waals surface area (Å²) in [5.74, 6) is 2.94. The Labute approximate surface area is 174 Å². The van der Waals surface area contributed by atoms with Crippen LogP contribution in [0.4, 0.5) is 0 Å². The van der Waals surface area contributed by atoms with Crippen molar-refractivity contribution in [2.45, 2.75) is 78.2 Å². The lowest BCUT2D eigenvalue weighted by Gasteiger charge is -2.59. The highest BCUT2D eigenvalue weighted by Crippen LogP contribution is 2.66. The Balaban J connectivity index is 1.46. The number of hydrogen-bond acceptors (Lipinski definition) is 3. The molecule has 4 saturated carbocycles. The molecule has 0 saturated heterocycles. The molecule has 0 unspecified atom stereocenters. The molecule has 0 radical (unpaired) electrons. The standard InChI is InChI=1S/C25H36N2O2/c1-15-17(14-26-27(15)4)11-16-12-22-20-6-5-18-13-19(28)7-9-24(18,2)21(20)8-10-25(22,3)23(16)29/h11,14,18-22,28H,5-10,12-13H2,1-4H3/b16-11-/t18-,19-,20-,21+,22+,24-,25-/m0/s1. The zero-order valence-electron chi connectivity index (χ0n) is 18.4. The van der Waals surface area contributed by atoms with Crippen LogP contribution in [0.1, 0.15) is 76.5 Å². The molecule has 1 N–H and O–H groups in total. The number of ketones is 1.